The molecule has 0 radical (unpaired) electrons. The molecule has 0 unspecified atom stereocenters. The predicted octanol–water partition coefficient (Wildman–Crippen LogP) is 6.89. The molecule has 0 aliphatic carbocycles. The first-order valence-corrected chi connectivity index (χ1v) is 13.5. The molecule has 1 amide bonds. The second-order valence-corrected chi connectivity index (χ2v) is 9.93. The van der Waals surface area contributed by atoms with Crippen LogP contribution in [0.5, 0.6) is 0 Å². The first kappa shape index (κ1) is 25.6. The van der Waals surface area contributed by atoms with Crippen molar-refractivity contribution in [2.24, 2.45) is 0 Å². The van der Waals surface area contributed by atoms with E-state index >= 15 is 0 Å². The molecule has 2 aromatic carbocycles. The van der Waals surface area contributed by atoms with E-state index in [1.165, 1.54) is 0 Å². The molecule has 0 aliphatic heterocycles. The van der Waals surface area contributed by atoms with Crippen LogP contribution in [-0.2, 0) is 17.8 Å². The summed E-state index contributed by atoms with van der Waals surface area (Å²) in [7, 11) is 0. The molecule has 0 saturated heterocycles. The topological polar surface area (TPSA) is 82.0 Å². The van der Waals surface area contributed by atoms with Crippen molar-refractivity contribution in [3.63, 3.8) is 0 Å². The Morgan fingerprint density at radius 2 is 1.93 bits per heavy atom. The number of pyridine rings is 1. The summed E-state index contributed by atoms with van der Waals surface area (Å²) < 4.78 is 10.3. The maximum atomic E-state index is 12.7. The third-order valence-corrected chi connectivity index (χ3v) is 7.13. The number of fused-ring (bicyclic) bond motifs is 1. The van der Waals surface area contributed by atoms with E-state index in [0.717, 1.165) is 53.2 Å². The van der Waals surface area contributed by atoms with Crippen LogP contribution >= 0.6 is 11.6 Å². The highest BCUT2D eigenvalue weighted by molar-refractivity contribution is 6.31. The van der Waals surface area contributed by atoms with E-state index in [4.69, 9.17) is 21.0 Å². The molecule has 0 aliphatic rings. The summed E-state index contributed by atoms with van der Waals surface area (Å²) >= 11 is 6.21. The van der Waals surface area contributed by atoms with Crippen molar-refractivity contribution in [2.45, 2.75) is 32.4 Å². The minimum atomic E-state index is -0.464. The van der Waals surface area contributed by atoms with E-state index in [2.05, 4.69) is 45.7 Å². The van der Waals surface area contributed by atoms with Gasteiger partial charge in [0.15, 0.2) is 0 Å². The zero-order chi connectivity index (χ0) is 27.5. The van der Waals surface area contributed by atoms with Gasteiger partial charge in [-0.15, -0.1) is 0 Å². The number of furan rings is 1. The Morgan fingerprint density at radius 3 is 2.65 bits per heavy atom. The number of carbonyl (C=O) groups excluding carboxylic acids is 1. The number of aromatic nitrogens is 5. The standard InChI is InChI=1S/C31H27ClN6O2/c1-2-14-37-28(22-6-9-26(10-7-22)36-15-13-33-20-36)19-35-31(37)27(18-25-5-3-4-12-34-25)38(21-39)30-17-23-16-24(32)8-11-29(23)40-30/h3-13,15-17,19-21,27H,2,14,18H2,1H3/t27-/m0/s1. The number of imidazole rings is 2. The van der Waals surface area contributed by atoms with Gasteiger partial charge >= 0.3 is 0 Å². The fourth-order valence-electron chi connectivity index (χ4n) is 5.00. The van der Waals surface area contributed by atoms with E-state index < -0.39 is 6.04 Å². The number of hydrogen-bond donors (Lipinski definition) is 0. The molecule has 1 atom stereocenters. The fraction of sp³-hybridized carbons (Fsp3) is 0.161. The van der Waals surface area contributed by atoms with Crippen molar-refractivity contribution >= 4 is 34.9 Å². The molecule has 4 heterocycles. The lowest BCUT2D eigenvalue weighted by atomic mass is 10.1. The Balaban J connectivity index is 1.44. The number of hydrogen-bond acceptors (Lipinski definition) is 5. The van der Waals surface area contributed by atoms with E-state index in [1.807, 2.05) is 53.4 Å². The molecule has 4 aromatic heterocycles. The van der Waals surface area contributed by atoms with Crippen LogP contribution in [0.1, 0.15) is 30.9 Å². The van der Waals surface area contributed by atoms with E-state index in [-0.39, 0.29) is 0 Å². The average molecular weight is 551 g/mol. The number of amides is 1. The zero-order valence-corrected chi connectivity index (χ0v) is 22.6. The van der Waals surface area contributed by atoms with Crippen LogP contribution < -0.4 is 4.90 Å². The summed E-state index contributed by atoms with van der Waals surface area (Å²) in [6.45, 7) is 2.86. The summed E-state index contributed by atoms with van der Waals surface area (Å²) in [5.74, 6) is 1.18. The Labute approximate surface area is 236 Å². The SMILES string of the molecule is CCCn1c(-c2ccc(-n3ccnc3)cc2)cnc1[C@H](Cc1ccccn1)N(C=O)c1cc2cc(Cl)ccc2o1. The van der Waals surface area contributed by atoms with Crippen LogP contribution in [0.3, 0.4) is 0 Å². The summed E-state index contributed by atoms with van der Waals surface area (Å²) in [4.78, 5) is 27.9. The van der Waals surface area contributed by atoms with Crippen LogP contribution in [0.4, 0.5) is 5.88 Å². The molecule has 40 heavy (non-hydrogen) atoms. The van der Waals surface area contributed by atoms with Crippen molar-refractivity contribution in [3.05, 3.63) is 114 Å². The monoisotopic (exact) mass is 550 g/mol. The summed E-state index contributed by atoms with van der Waals surface area (Å²) in [6.07, 6.45) is 11.2. The summed E-state index contributed by atoms with van der Waals surface area (Å²) in [5, 5.41) is 1.42. The van der Waals surface area contributed by atoms with Gasteiger partial charge in [0.2, 0.25) is 12.3 Å². The van der Waals surface area contributed by atoms with Crippen molar-refractivity contribution in [2.75, 3.05) is 4.90 Å². The third kappa shape index (κ3) is 5.01. The lowest BCUT2D eigenvalue weighted by molar-refractivity contribution is -0.108. The zero-order valence-electron chi connectivity index (χ0n) is 21.9. The van der Waals surface area contributed by atoms with Gasteiger partial charge in [0.25, 0.3) is 0 Å². The largest absolute Gasteiger partial charge is 0.440 e. The number of rotatable bonds is 10. The minimum absolute atomic E-state index is 0.422. The lowest BCUT2D eigenvalue weighted by Crippen LogP contribution is -2.31. The van der Waals surface area contributed by atoms with Gasteiger partial charge < -0.3 is 13.6 Å². The molecule has 200 valence electrons. The maximum Gasteiger partial charge on any atom is 0.217 e. The molecule has 6 aromatic rings. The first-order chi connectivity index (χ1) is 19.6. The molecule has 0 N–H and O–H groups in total. The molecule has 8 nitrogen and oxygen atoms in total. The molecular formula is C31H27ClN6O2. The highest BCUT2D eigenvalue weighted by atomic mass is 35.5. The van der Waals surface area contributed by atoms with E-state index in [0.29, 0.717) is 22.9 Å². The summed E-state index contributed by atoms with van der Waals surface area (Å²) in [5.41, 5.74) is 4.52. The van der Waals surface area contributed by atoms with E-state index in [9.17, 15) is 4.79 Å². The van der Waals surface area contributed by atoms with Gasteiger partial charge in [0.05, 0.1) is 18.2 Å². The summed E-state index contributed by atoms with van der Waals surface area (Å²) in [6, 6.07) is 20.8. The fourth-order valence-corrected chi connectivity index (χ4v) is 5.18. The number of nitrogens with zero attached hydrogens (tertiary/aromatic N) is 6. The molecule has 0 fully saturated rings. The van der Waals surface area contributed by atoms with Crippen molar-refractivity contribution in [1.29, 1.82) is 0 Å². The van der Waals surface area contributed by atoms with Gasteiger partial charge in [-0.25, -0.2) is 9.97 Å². The predicted molar refractivity (Wildman–Crippen MR) is 156 cm³/mol. The maximum absolute atomic E-state index is 12.7. The molecule has 0 bridgehead atoms. The number of carbonyl (C=O) groups is 1. The molecule has 9 heteroatoms. The smallest absolute Gasteiger partial charge is 0.217 e. The Morgan fingerprint density at radius 1 is 1.05 bits per heavy atom. The van der Waals surface area contributed by atoms with Gasteiger partial charge in [-0.2, -0.15) is 0 Å². The highest BCUT2D eigenvalue weighted by Gasteiger charge is 2.29. The van der Waals surface area contributed by atoms with Crippen LogP contribution in [0, 0.1) is 0 Å². The van der Waals surface area contributed by atoms with Crippen LogP contribution in [0.15, 0.2) is 102 Å². The second kappa shape index (κ2) is 11.2. The molecule has 6 rings (SSSR count). The molecule has 0 spiro atoms. The van der Waals surface area contributed by atoms with Crippen molar-refractivity contribution < 1.29 is 9.21 Å². The minimum Gasteiger partial charge on any atom is -0.440 e. The van der Waals surface area contributed by atoms with Crippen LogP contribution in [0.2, 0.25) is 5.02 Å². The van der Waals surface area contributed by atoms with Crippen molar-refractivity contribution in [3.8, 4) is 16.9 Å². The van der Waals surface area contributed by atoms with Gasteiger partial charge in [-0.05, 0) is 54.4 Å². The Hall–Kier alpha value is -4.69. The third-order valence-electron chi connectivity index (χ3n) is 6.90. The highest BCUT2D eigenvalue weighted by Crippen LogP contribution is 2.35. The van der Waals surface area contributed by atoms with Crippen molar-refractivity contribution in [1.82, 2.24) is 24.1 Å². The molecule has 0 saturated carbocycles. The van der Waals surface area contributed by atoms with Gasteiger partial charge in [-0.1, -0.05) is 36.7 Å². The first-order valence-electron chi connectivity index (χ1n) is 13.1. The van der Waals surface area contributed by atoms with Crippen LogP contribution in [-0.4, -0.2) is 30.5 Å². The quantitative estimate of drug-likeness (QED) is 0.173. The van der Waals surface area contributed by atoms with E-state index in [1.54, 1.807) is 29.7 Å². The van der Waals surface area contributed by atoms with Gasteiger partial charge in [0.1, 0.15) is 17.4 Å². The Kier molecular flexibility index (Phi) is 7.16. The number of halogens is 1. The van der Waals surface area contributed by atoms with Gasteiger partial charge in [0, 0.05) is 59.4 Å². The van der Waals surface area contributed by atoms with Gasteiger partial charge in [-0.3, -0.25) is 14.7 Å². The number of anilines is 1. The number of benzene rings is 2. The second-order valence-electron chi connectivity index (χ2n) is 9.49. The van der Waals surface area contributed by atoms with Crippen LogP contribution in [0.25, 0.3) is 27.9 Å². The molecular weight excluding hydrogens is 524 g/mol. The lowest BCUT2D eigenvalue weighted by Gasteiger charge is -2.27. The Bertz CT molecular complexity index is 1730. The average Bonchev–Trinajstić information content (AvgIpc) is 3.74. The normalized spacial score (nSPS) is 12.1.